The van der Waals surface area contributed by atoms with Crippen molar-refractivity contribution in [3.63, 3.8) is 0 Å². The number of methoxy groups -OCH3 is 1. The second kappa shape index (κ2) is 9.07. The molecule has 1 heterocycles. The average Bonchev–Trinajstić information content (AvgIpc) is 3.31. The maximum atomic E-state index is 10.1. The Kier molecular flexibility index (Phi) is 6.55. The Bertz CT molecular complexity index is 754. The minimum atomic E-state index is 0.129. The maximum absolute atomic E-state index is 10.1. The Labute approximate surface area is 158 Å². The van der Waals surface area contributed by atoms with Gasteiger partial charge in [-0.2, -0.15) is 0 Å². The minimum absolute atomic E-state index is 0.129. The highest BCUT2D eigenvalue weighted by molar-refractivity contribution is 7.98. The first-order valence-corrected chi connectivity index (χ1v) is 10.3. The van der Waals surface area contributed by atoms with Crippen LogP contribution < -0.4 is 4.74 Å². The van der Waals surface area contributed by atoms with Crippen LogP contribution in [0, 0.1) is 0 Å². The average molecular weight is 375 g/mol. The summed E-state index contributed by atoms with van der Waals surface area (Å²) < 4.78 is 7.46. The van der Waals surface area contributed by atoms with Gasteiger partial charge in [0.05, 0.1) is 7.11 Å². The summed E-state index contributed by atoms with van der Waals surface area (Å²) in [6.07, 6.45) is 10.6. The van der Waals surface area contributed by atoms with Gasteiger partial charge < -0.3 is 14.4 Å². The van der Waals surface area contributed by atoms with E-state index in [4.69, 9.17) is 4.74 Å². The van der Waals surface area contributed by atoms with Gasteiger partial charge >= 0.3 is 0 Å². The molecule has 1 saturated carbocycles. The summed E-state index contributed by atoms with van der Waals surface area (Å²) in [5, 5.41) is 19.9. The third kappa shape index (κ3) is 4.20. The molecule has 7 heteroatoms. The van der Waals surface area contributed by atoms with Gasteiger partial charge in [0, 0.05) is 30.8 Å². The fourth-order valence-electron chi connectivity index (χ4n) is 3.45. The number of aromatic hydroxyl groups is 1. The van der Waals surface area contributed by atoms with Crippen molar-refractivity contribution >= 4 is 18.0 Å². The number of benzene rings is 1. The van der Waals surface area contributed by atoms with Gasteiger partial charge in [0.15, 0.2) is 16.7 Å². The number of aryl methyl sites for hydroxylation is 1. The van der Waals surface area contributed by atoms with Gasteiger partial charge in [0.1, 0.15) is 5.82 Å². The molecule has 1 aromatic heterocycles. The van der Waals surface area contributed by atoms with Crippen LogP contribution in [0.1, 0.15) is 49.5 Å². The first kappa shape index (κ1) is 18.8. The Balaban J connectivity index is 1.58. The highest BCUT2D eigenvalue weighted by atomic mass is 32.2. The molecule has 0 aliphatic heterocycles. The monoisotopic (exact) mass is 374 g/mol. The van der Waals surface area contributed by atoms with E-state index < -0.39 is 0 Å². The van der Waals surface area contributed by atoms with Crippen molar-refractivity contribution < 1.29 is 9.84 Å². The van der Waals surface area contributed by atoms with E-state index >= 15 is 0 Å². The fraction of sp³-hybridized carbons (Fsp3) is 0.526. The summed E-state index contributed by atoms with van der Waals surface area (Å²) in [4.78, 5) is 4.44. The molecular weight excluding hydrogens is 348 g/mol. The first-order chi connectivity index (χ1) is 12.7. The van der Waals surface area contributed by atoms with Crippen molar-refractivity contribution in [1.82, 2.24) is 14.8 Å². The fourth-order valence-corrected chi connectivity index (χ4v) is 4.02. The summed E-state index contributed by atoms with van der Waals surface area (Å²) >= 11 is 1.67. The first-order valence-electron chi connectivity index (χ1n) is 9.08. The number of para-hydroxylation sites is 1. The largest absolute Gasteiger partial charge is 0.504 e. The zero-order chi connectivity index (χ0) is 18.4. The standard InChI is InChI=1S/C19H26N4O2S/c1-25-16-10-5-7-14(18(16)24)13-20-12-6-11-17-21-22-19(26-2)23(17)15-8-3-4-9-15/h5,7,10,13,15,24H,3-4,6,8-9,11-12H2,1-2H3. The van der Waals surface area contributed by atoms with Gasteiger partial charge in [-0.3, -0.25) is 4.99 Å². The van der Waals surface area contributed by atoms with Gasteiger partial charge in [-0.15, -0.1) is 10.2 Å². The lowest BCUT2D eigenvalue weighted by atomic mass is 10.2. The summed E-state index contributed by atoms with van der Waals surface area (Å²) in [7, 11) is 1.54. The summed E-state index contributed by atoms with van der Waals surface area (Å²) in [5.41, 5.74) is 0.670. The predicted molar refractivity (Wildman–Crippen MR) is 105 cm³/mol. The molecule has 6 nitrogen and oxygen atoms in total. The minimum Gasteiger partial charge on any atom is -0.504 e. The molecule has 1 N–H and O–H groups in total. The lowest BCUT2D eigenvalue weighted by Gasteiger charge is -2.15. The van der Waals surface area contributed by atoms with Crippen molar-refractivity contribution in [3.8, 4) is 11.5 Å². The van der Waals surface area contributed by atoms with Gasteiger partial charge in [-0.1, -0.05) is 30.7 Å². The third-order valence-electron chi connectivity index (χ3n) is 4.78. The topological polar surface area (TPSA) is 72.5 Å². The van der Waals surface area contributed by atoms with Crippen LogP contribution in [0.5, 0.6) is 11.5 Å². The van der Waals surface area contributed by atoms with Gasteiger partial charge in [-0.25, -0.2) is 0 Å². The zero-order valence-corrected chi connectivity index (χ0v) is 16.2. The number of aromatic nitrogens is 3. The Morgan fingerprint density at radius 2 is 2.15 bits per heavy atom. The number of ether oxygens (including phenoxy) is 1. The van der Waals surface area contributed by atoms with E-state index in [9.17, 15) is 5.11 Å². The molecule has 1 aliphatic carbocycles. The Hall–Kier alpha value is -2.02. The van der Waals surface area contributed by atoms with Crippen molar-refractivity contribution in [1.29, 1.82) is 0 Å². The number of aliphatic imine (C=N–C) groups is 1. The number of phenolic OH excluding ortho intramolecular Hbond substituents is 1. The van der Waals surface area contributed by atoms with E-state index in [0.717, 1.165) is 23.8 Å². The smallest absolute Gasteiger partial charge is 0.191 e. The molecule has 0 atom stereocenters. The van der Waals surface area contributed by atoms with E-state index in [2.05, 4.69) is 26.0 Å². The summed E-state index contributed by atoms with van der Waals surface area (Å²) in [5.74, 6) is 1.66. The Morgan fingerprint density at radius 3 is 2.88 bits per heavy atom. The quantitative estimate of drug-likeness (QED) is 0.431. The molecule has 3 rings (SSSR count). The van der Waals surface area contributed by atoms with Crippen LogP contribution >= 0.6 is 11.8 Å². The number of hydrogen-bond donors (Lipinski definition) is 1. The molecule has 1 fully saturated rings. The second-order valence-electron chi connectivity index (χ2n) is 6.45. The molecule has 1 aromatic carbocycles. The third-order valence-corrected chi connectivity index (χ3v) is 5.42. The molecule has 0 amide bonds. The van der Waals surface area contributed by atoms with Crippen LogP contribution in [-0.4, -0.2) is 46.0 Å². The SMILES string of the molecule is COc1cccc(C=NCCCc2nnc(SC)n2C2CCCC2)c1O. The van der Waals surface area contributed by atoms with E-state index in [1.54, 1.807) is 31.2 Å². The zero-order valence-electron chi connectivity index (χ0n) is 15.4. The van der Waals surface area contributed by atoms with Gasteiger partial charge in [0.2, 0.25) is 0 Å². The molecule has 140 valence electrons. The van der Waals surface area contributed by atoms with Crippen molar-refractivity contribution in [2.24, 2.45) is 4.99 Å². The van der Waals surface area contributed by atoms with E-state index in [-0.39, 0.29) is 5.75 Å². The molecule has 0 unspecified atom stereocenters. The van der Waals surface area contributed by atoms with Gasteiger partial charge in [-0.05, 0) is 37.7 Å². The van der Waals surface area contributed by atoms with E-state index in [1.807, 2.05) is 12.1 Å². The molecule has 0 radical (unpaired) electrons. The number of rotatable bonds is 8. The highest BCUT2D eigenvalue weighted by Gasteiger charge is 2.23. The molecule has 1 aliphatic rings. The normalized spacial score (nSPS) is 15.2. The molecule has 26 heavy (non-hydrogen) atoms. The number of phenols is 1. The highest BCUT2D eigenvalue weighted by Crippen LogP contribution is 2.33. The van der Waals surface area contributed by atoms with Gasteiger partial charge in [0.25, 0.3) is 0 Å². The summed E-state index contributed by atoms with van der Waals surface area (Å²) in [6, 6.07) is 5.95. The Morgan fingerprint density at radius 1 is 1.35 bits per heavy atom. The van der Waals surface area contributed by atoms with E-state index in [0.29, 0.717) is 23.9 Å². The molecule has 0 spiro atoms. The predicted octanol–water partition coefficient (Wildman–Crippen LogP) is 3.88. The van der Waals surface area contributed by atoms with Crippen molar-refractivity contribution in [3.05, 3.63) is 29.6 Å². The van der Waals surface area contributed by atoms with Crippen molar-refractivity contribution in [2.45, 2.75) is 49.7 Å². The second-order valence-corrected chi connectivity index (χ2v) is 7.22. The van der Waals surface area contributed by atoms with Crippen molar-refractivity contribution in [2.75, 3.05) is 19.9 Å². The van der Waals surface area contributed by atoms with Crippen LogP contribution in [0.2, 0.25) is 0 Å². The molecule has 0 bridgehead atoms. The van der Waals surface area contributed by atoms with Crippen LogP contribution in [0.3, 0.4) is 0 Å². The molecular formula is C19H26N4O2S. The maximum Gasteiger partial charge on any atom is 0.191 e. The lowest BCUT2D eigenvalue weighted by Crippen LogP contribution is -2.11. The van der Waals surface area contributed by atoms with E-state index in [1.165, 1.54) is 25.7 Å². The molecule has 2 aromatic rings. The van der Waals surface area contributed by atoms with Crippen LogP contribution in [0.15, 0.2) is 28.3 Å². The summed E-state index contributed by atoms with van der Waals surface area (Å²) in [6.45, 7) is 0.683. The number of nitrogens with zero attached hydrogens (tertiary/aromatic N) is 4. The molecule has 0 saturated heterocycles. The van der Waals surface area contributed by atoms with Crippen LogP contribution in [0.25, 0.3) is 0 Å². The number of thioether (sulfide) groups is 1. The van der Waals surface area contributed by atoms with Crippen LogP contribution in [-0.2, 0) is 6.42 Å². The lowest BCUT2D eigenvalue weighted by molar-refractivity contribution is 0.373. The number of hydrogen-bond acceptors (Lipinski definition) is 6. The van der Waals surface area contributed by atoms with Crippen LogP contribution in [0.4, 0.5) is 0 Å².